The van der Waals surface area contributed by atoms with Crippen LogP contribution in [0.4, 0.5) is 24.0 Å². The van der Waals surface area contributed by atoms with Crippen LogP contribution in [0.25, 0.3) is 22.4 Å². The Kier molecular flexibility index (Phi) is 6.22. The van der Waals surface area contributed by atoms with Crippen molar-refractivity contribution in [2.45, 2.75) is 32.4 Å². The van der Waals surface area contributed by atoms with Gasteiger partial charge in [-0.1, -0.05) is 25.8 Å². The molecular weight excluding hydrogens is 443 g/mol. The minimum atomic E-state index is -4.54. The van der Waals surface area contributed by atoms with Crippen molar-refractivity contribution in [3.05, 3.63) is 57.9 Å². The van der Waals surface area contributed by atoms with Crippen LogP contribution in [0.15, 0.2) is 51.0 Å². The minimum absolute atomic E-state index is 0.180. The maximum Gasteiger partial charge on any atom is 0.420 e. The van der Waals surface area contributed by atoms with Gasteiger partial charge in [-0.05, 0) is 36.8 Å². The summed E-state index contributed by atoms with van der Waals surface area (Å²) in [7, 11) is 0. The third kappa shape index (κ3) is 4.96. The van der Waals surface area contributed by atoms with E-state index in [1.54, 1.807) is 23.6 Å². The number of rotatable bonds is 8. The van der Waals surface area contributed by atoms with E-state index in [9.17, 15) is 18.0 Å². The molecule has 0 aliphatic carbocycles. The summed E-state index contributed by atoms with van der Waals surface area (Å²) in [6.45, 7) is 2.26. The molecule has 10 heteroatoms. The number of ether oxygens (including phenoxy) is 1. The molecule has 2 N–H and O–H groups in total. The SMILES string of the molecule is CCCCCOc1ccc(Nc2nc(-c3ccc4[nH]c(=O)oc4c3)cs2)cc1C(F)(F)F. The molecule has 0 amide bonds. The van der Waals surface area contributed by atoms with E-state index in [-0.39, 0.29) is 18.0 Å². The standard InChI is InChI=1S/C22H20F3N3O3S/c1-2-3-4-9-30-18-8-6-14(11-15(18)22(23,24)25)26-20-27-17(12-32-20)13-5-7-16-19(10-13)31-21(29)28-16/h5-8,10-12H,2-4,9H2,1H3,(H,26,27)(H,28,29). The number of benzene rings is 2. The summed E-state index contributed by atoms with van der Waals surface area (Å²) in [5.74, 6) is -0.726. The Morgan fingerprint density at radius 2 is 2.03 bits per heavy atom. The summed E-state index contributed by atoms with van der Waals surface area (Å²) < 4.78 is 51.1. The third-order valence-corrected chi connectivity index (χ3v) is 5.52. The van der Waals surface area contributed by atoms with Gasteiger partial charge in [0.15, 0.2) is 10.7 Å². The number of thiazole rings is 1. The van der Waals surface area contributed by atoms with Gasteiger partial charge in [0, 0.05) is 16.6 Å². The zero-order valence-electron chi connectivity index (χ0n) is 17.1. The number of oxazole rings is 1. The van der Waals surface area contributed by atoms with Crippen LogP contribution in [-0.4, -0.2) is 16.6 Å². The number of aromatic amines is 1. The number of nitrogens with zero attached hydrogens (tertiary/aromatic N) is 1. The molecule has 6 nitrogen and oxygen atoms in total. The number of alkyl halides is 3. The normalized spacial score (nSPS) is 11.8. The molecule has 32 heavy (non-hydrogen) atoms. The molecule has 0 radical (unpaired) electrons. The molecule has 0 aliphatic rings. The highest BCUT2D eigenvalue weighted by Gasteiger charge is 2.34. The van der Waals surface area contributed by atoms with Crippen molar-refractivity contribution in [3.8, 4) is 17.0 Å². The van der Waals surface area contributed by atoms with Crippen LogP contribution in [0.3, 0.4) is 0 Å². The van der Waals surface area contributed by atoms with Crippen molar-refractivity contribution in [2.75, 3.05) is 11.9 Å². The highest BCUT2D eigenvalue weighted by atomic mass is 32.1. The van der Waals surface area contributed by atoms with E-state index in [0.717, 1.165) is 24.5 Å². The number of hydrogen-bond acceptors (Lipinski definition) is 6. The number of H-pyrrole nitrogens is 1. The van der Waals surface area contributed by atoms with Crippen LogP contribution in [0.2, 0.25) is 0 Å². The molecule has 4 aromatic rings. The van der Waals surface area contributed by atoms with Crippen LogP contribution in [-0.2, 0) is 6.18 Å². The number of unbranched alkanes of at least 4 members (excludes halogenated alkanes) is 2. The lowest BCUT2D eigenvalue weighted by atomic mass is 10.1. The van der Waals surface area contributed by atoms with Crippen LogP contribution in [0, 0.1) is 0 Å². The smallest absolute Gasteiger partial charge is 0.420 e. The Morgan fingerprint density at radius 3 is 2.81 bits per heavy atom. The van der Waals surface area contributed by atoms with Crippen LogP contribution < -0.4 is 15.8 Å². The van der Waals surface area contributed by atoms with Gasteiger partial charge in [0.05, 0.1) is 23.4 Å². The third-order valence-electron chi connectivity index (χ3n) is 4.76. The van der Waals surface area contributed by atoms with Gasteiger partial charge in [-0.2, -0.15) is 13.2 Å². The van der Waals surface area contributed by atoms with Crippen molar-refractivity contribution < 1.29 is 22.3 Å². The predicted molar refractivity (Wildman–Crippen MR) is 118 cm³/mol. The first-order valence-corrected chi connectivity index (χ1v) is 10.9. The van der Waals surface area contributed by atoms with Crippen molar-refractivity contribution in [1.29, 1.82) is 0 Å². The second-order valence-corrected chi connectivity index (χ2v) is 8.01. The average molecular weight is 463 g/mol. The Hall–Kier alpha value is -3.27. The Morgan fingerprint density at radius 1 is 1.19 bits per heavy atom. The lowest BCUT2D eigenvalue weighted by molar-refractivity contribution is -0.138. The number of aromatic nitrogens is 2. The minimum Gasteiger partial charge on any atom is -0.493 e. The largest absolute Gasteiger partial charge is 0.493 e. The Balaban J connectivity index is 1.53. The van der Waals surface area contributed by atoms with Gasteiger partial charge in [-0.15, -0.1) is 11.3 Å². The van der Waals surface area contributed by atoms with Crippen LogP contribution in [0.1, 0.15) is 31.7 Å². The Bertz CT molecular complexity index is 1280. The van der Waals surface area contributed by atoms with E-state index in [4.69, 9.17) is 9.15 Å². The van der Waals surface area contributed by atoms with Crippen molar-refractivity contribution >= 4 is 33.3 Å². The average Bonchev–Trinajstić information content (AvgIpc) is 3.36. The molecule has 0 fully saturated rings. The number of anilines is 2. The van der Waals surface area contributed by atoms with Crippen molar-refractivity contribution in [2.24, 2.45) is 0 Å². The fourth-order valence-corrected chi connectivity index (χ4v) is 3.92. The molecule has 0 unspecified atom stereocenters. The second kappa shape index (κ2) is 9.07. The van der Waals surface area contributed by atoms with Crippen LogP contribution in [0.5, 0.6) is 5.75 Å². The fourth-order valence-electron chi connectivity index (χ4n) is 3.18. The van der Waals surface area contributed by atoms with Gasteiger partial charge >= 0.3 is 11.9 Å². The summed E-state index contributed by atoms with van der Waals surface area (Å²) in [5.41, 5.74) is 1.73. The molecule has 168 valence electrons. The summed E-state index contributed by atoms with van der Waals surface area (Å²) in [4.78, 5) is 18.3. The molecule has 0 saturated heterocycles. The molecule has 0 spiro atoms. The highest BCUT2D eigenvalue weighted by Crippen LogP contribution is 2.39. The first kappa shape index (κ1) is 21.9. The van der Waals surface area contributed by atoms with E-state index in [2.05, 4.69) is 15.3 Å². The molecular formula is C22H20F3N3O3S. The van der Waals surface area contributed by atoms with Gasteiger partial charge in [-0.25, -0.2) is 9.78 Å². The number of fused-ring (bicyclic) bond motifs is 1. The van der Waals surface area contributed by atoms with E-state index < -0.39 is 17.5 Å². The summed E-state index contributed by atoms with van der Waals surface area (Å²) in [6, 6.07) is 9.05. The zero-order chi connectivity index (χ0) is 22.7. The molecule has 2 aromatic heterocycles. The molecule has 0 saturated carbocycles. The molecule has 0 aliphatic heterocycles. The van der Waals surface area contributed by atoms with Gasteiger partial charge < -0.3 is 14.5 Å². The quantitative estimate of drug-likeness (QED) is 0.289. The topological polar surface area (TPSA) is 80.1 Å². The molecule has 2 heterocycles. The van der Waals surface area contributed by atoms with Gasteiger partial charge in [-0.3, -0.25) is 4.98 Å². The Labute approximate surface area is 185 Å². The van der Waals surface area contributed by atoms with E-state index >= 15 is 0 Å². The fraction of sp³-hybridized carbons (Fsp3) is 0.273. The zero-order valence-corrected chi connectivity index (χ0v) is 17.9. The van der Waals surface area contributed by atoms with Crippen LogP contribution >= 0.6 is 11.3 Å². The monoisotopic (exact) mass is 463 g/mol. The number of nitrogens with one attached hydrogen (secondary N) is 2. The van der Waals surface area contributed by atoms with Gasteiger partial charge in [0.2, 0.25) is 0 Å². The molecule has 0 atom stereocenters. The van der Waals surface area contributed by atoms with Crippen molar-refractivity contribution in [3.63, 3.8) is 0 Å². The number of halogens is 3. The lowest BCUT2D eigenvalue weighted by Gasteiger charge is -2.15. The second-order valence-electron chi connectivity index (χ2n) is 7.15. The number of hydrogen-bond donors (Lipinski definition) is 2. The molecule has 0 bridgehead atoms. The van der Waals surface area contributed by atoms with Gasteiger partial charge in [0.1, 0.15) is 5.75 Å². The first-order valence-electron chi connectivity index (χ1n) is 10.0. The first-order chi connectivity index (χ1) is 15.3. The van der Waals surface area contributed by atoms with E-state index in [1.807, 2.05) is 6.92 Å². The summed E-state index contributed by atoms with van der Waals surface area (Å²) >= 11 is 1.25. The maximum absolute atomic E-state index is 13.5. The van der Waals surface area contributed by atoms with E-state index in [0.29, 0.717) is 28.3 Å². The maximum atomic E-state index is 13.5. The molecule has 4 rings (SSSR count). The predicted octanol–water partition coefficient (Wildman–Crippen LogP) is 6.58. The van der Waals surface area contributed by atoms with Crippen molar-refractivity contribution in [1.82, 2.24) is 9.97 Å². The summed E-state index contributed by atoms with van der Waals surface area (Å²) in [5, 5.41) is 5.12. The highest BCUT2D eigenvalue weighted by molar-refractivity contribution is 7.14. The lowest BCUT2D eigenvalue weighted by Crippen LogP contribution is -2.10. The molecule has 2 aromatic carbocycles. The summed E-state index contributed by atoms with van der Waals surface area (Å²) in [6.07, 6.45) is -1.98. The van der Waals surface area contributed by atoms with Gasteiger partial charge in [0.25, 0.3) is 0 Å². The van der Waals surface area contributed by atoms with E-state index in [1.165, 1.54) is 23.5 Å².